The van der Waals surface area contributed by atoms with Crippen LogP contribution >= 0.6 is 11.6 Å². The Morgan fingerprint density at radius 1 is 1.38 bits per heavy atom. The highest BCUT2D eigenvalue weighted by molar-refractivity contribution is 6.32. The van der Waals surface area contributed by atoms with E-state index < -0.39 is 18.5 Å². The molecule has 0 aliphatic carbocycles. The number of rotatable bonds is 8. The fourth-order valence-corrected chi connectivity index (χ4v) is 1.91. The van der Waals surface area contributed by atoms with Gasteiger partial charge in [0.25, 0.3) is 5.91 Å². The van der Waals surface area contributed by atoms with Gasteiger partial charge < -0.3 is 19.5 Å². The van der Waals surface area contributed by atoms with Gasteiger partial charge in [0.05, 0.1) is 30.8 Å². The van der Waals surface area contributed by atoms with E-state index >= 15 is 0 Å². The number of halogens is 1. The molecular weight excluding hydrogens is 334 g/mol. The molecule has 1 aromatic rings. The lowest BCUT2D eigenvalue weighted by molar-refractivity contribution is -0.123. The van der Waals surface area contributed by atoms with Crippen molar-refractivity contribution in [2.45, 2.75) is 13.8 Å². The van der Waals surface area contributed by atoms with Gasteiger partial charge in [0, 0.05) is 0 Å². The molecule has 0 aromatic heterocycles. The minimum Gasteiger partial charge on any atom is -0.493 e. The van der Waals surface area contributed by atoms with Gasteiger partial charge in [0.1, 0.15) is 0 Å². The molecule has 1 N–H and O–H groups in total. The number of hydrogen-bond acceptors (Lipinski definition) is 5. The van der Waals surface area contributed by atoms with Crippen LogP contribution in [0.2, 0.25) is 5.02 Å². The molecule has 0 aliphatic rings. The Morgan fingerprint density at radius 3 is 2.67 bits per heavy atom. The fourth-order valence-electron chi connectivity index (χ4n) is 1.64. The summed E-state index contributed by atoms with van der Waals surface area (Å²) < 4.78 is 15.7. The molecule has 24 heavy (non-hydrogen) atoms. The van der Waals surface area contributed by atoms with Crippen LogP contribution in [0.3, 0.4) is 0 Å². The molecule has 0 unspecified atom stereocenters. The topological polar surface area (TPSA) is 73.9 Å². The van der Waals surface area contributed by atoms with Crippen LogP contribution < -0.4 is 14.8 Å². The van der Waals surface area contributed by atoms with Gasteiger partial charge in [-0.1, -0.05) is 31.4 Å². The number of amides is 1. The summed E-state index contributed by atoms with van der Waals surface area (Å²) in [6, 6.07) is 2.85. The Hall–Kier alpha value is -2.39. The van der Waals surface area contributed by atoms with Crippen LogP contribution in [0.1, 0.15) is 24.2 Å². The molecule has 0 radical (unpaired) electrons. The van der Waals surface area contributed by atoms with Gasteiger partial charge in [-0.2, -0.15) is 0 Å². The Morgan fingerprint density at radius 2 is 2.08 bits per heavy atom. The summed E-state index contributed by atoms with van der Waals surface area (Å²) in [4.78, 5) is 23.4. The monoisotopic (exact) mass is 353 g/mol. The van der Waals surface area contributed by atoms with E-state index in [4.69, 9.17) is 32.2 Å². The molecule has 0 saturated heterocycles. The number of nitrogens with one attached hydrogen (secondary N) is 1. The third-order valence-electron chi connectivity index (χ3n) is 2.75. The number of hydrogen-bond donors (Lipinski definition) is 1. The Balaban J connectivity index is 2.81. The van der Waals surface area contributed by atoms with E-state index in [1.165, 1.54) is 19.2 Å². The van der Waals surface area contributed by atoms with Crippen molar-refractivity contribution in [2.75, 3.05) is 26.9 Å². The largest absolute Gasteiger partial charge is 0.493 e. The molecule has 0 heterocycles. The van der Waals surface area contributed by atoms with E-state index in [9.17, 15) is 9.59 Å². The molecule has 0 atom stereocenters. The maximum Gasteiger partial charge on any atom is 0.338 e. The van der Waals surface area contributed by atoms with E-state index in [0.717, 1.165) is 0 Å². The predicted octanol–water partition coefficient (Wildman–Crippen LogP) is 2.29. The van der Waals surface area contributed by atoms with Gasteiger partial charge in [-0.3, -0.25) is 4.79 Å². The first kappa shape index (κ1) is 19.7. The van der Waals surface area contributed by atoms with Crippen LogP contribution in [0.4, 0.5) is 0 Å². The summed E-state index contributed by atoms with van der Waals surface area (Å²) in [6.45, 7) is 4.08. The van der Waals surface area contributed by atoms with Crippen molar-refractivity contribution in [3.05, 3.63) is 22.7 Å². The molecule has 0 saturated carbocycles. The number of methoxy groups -OCH3 is 1. The van der Waals surface area contributed by atoms with Gasteiger partial charge in [-0.15, -0.1) is 6.42 Å². The maximum absolute atomic E-state index is 12.0. The summed E-state index contributed by atoms with van der Waals surface area (Å²) >= 11 is 6.16. The van der Waals surface area contributed by atoms with Gasteiger partial charge in [0.15, 0.2) is 18.1 Å². The zero-order chi connectivity index (χ0) is 18.1. The number of benzene rings is 1. The summed E-state index contributed by atoms with van der Waals surface area (Å²) in [6.07, 6.45) is 5.02. The summed E-state index contributed by atoms with van der Waals surface area (Å²) in [5.74, 6) is 2.02. The van der Waals surface area contributed by atoms with E-state index in [0.29, 0.717) is 24.0 Å². The van der Waals surface area contributed by atoms with E-state index in [1.54, 1.807) is 0 Å². The van der Waals surface area contributed by atoms with E-state index in [-0.39, 0.29) is 17.1 Å². The van der Waals surface area contributed by atoms with Crippen molar-refractivity contribution in [1.82, 2.24) is 5.32 Å². The number of carbonyl (C=O) groups excluding carboxylic acids is 2. The first-order chi connectivity index (χ1) is 11.4. The molecule has 1 aromatic carbocycles. The van der Waals surface area contributed by atoms with E-state index in [2.05, 4.69) is 11.2 Å². The molecule has 0 spiro atoms. The number of ether oxygens (including phenoxy) is 3. The molecule has 0 fully saturated rings. The van der Waals surface area contributed by atoms with Gasteiger partial charge >= 0.3 is 5.97 Å². The highest BCUT2D eigenvalue weighted by Crippen LogP contribution is 2.36. The lowest BCUT2D eigenvalue weighted by Gasteiger charge is -2.15. The Kier molecular flexibility index (Phi) is 7.93. The molecule has 0 aliphatic heterocycles. The minimum absolute atomic E-state index is 0.0674. The third-order valence-corrected chi connectivity index (χ3v) is 3.03. The number of carbonyl (C=O) groups is 2. The first-order valence-electron chi connectivity index (χ1n) is 7.26. The van der Waals surface area contributed by atoms with Crippen LogP contribution in [0.25, 0.3) is 0 Å². The smallest absolute Gasteiger partial charge is 0.338 e. The second kappa shape index (κ2) is 9.68. The van der Waals surface area contributed by atoms with Crippen molar-refractivity contribution in [3.63, 3.8) is 0 Å². The second-order valence-corrected chi connectivity index (χ2v) is 5.66. The molecule has 0 bridgehead atoms. The van der Waals surface area contributed by atoms with Gasteiger partial charge in [-0.25, -0.2) is 4.79 Å². The van der Waals surface area contributed by atoms with Gasteiger partial charge in [0.2, 0.25) is 0 Å². The zero-order valence-corrected chi connectivity index (χ0v) is 14.6. The molecule has 1 amide bonds. The maximum atomic E-state index is 12.0. The van der Waals surface area contributed by atoms with Gasteiger partial charge in [-0.05, 0) is 18.1 Å². The standard InChI is InChI=1S/C17H20ClNO5/c1-5-6-19-15(20)10-24-17(21)12-7-13(18)16(14(8-12)22-4)23-9-11(2)3/h1,7-8,11H,6,9-10H2,2-4H3,(H,19,20). The molecule has 130 valence electrons. The summed E-state index contributed by atoms with van der Waals surface area (Å²) in [7, 11) is 1.44. The first-order valence-corrected chi connectivity index (χ1v) is 7.64. The van der Waals surface area contributed by atoms with E-state index in [1.807, 2.05) is 13.8 Å². The van der Waals surface area contributed by atoms with Crippen LogP contribution in [-0.4, -0.2) is 38.7 Å². The third kappa shape index (κ3) is 6.01. The van der Waals surface area contributed by atoms with Crippen molar-refractivity contribution in [2.24, 2.45) is 5.92 Å². The van der Waals surface area contributed by atoms with Crippen LogP contribution in [0, 0.1) is 18.3 Å². The fraction of sp³-hybridized carbons (Fsp3) is 0.412. The second-order valence-electron chi connectivity index (χ2n) is 5.25. The van der Waals surface area contributed by atoms with Crippen LogP contribution in [0.5, 0.6) is 11.5 Å². The molecule has 6 nitrogen and oxygen atoms in total. The normalized spacial score (nSPS) is 10.0. The van der Waals surface area contributed by atoms with Crippen LogP contribution in [-0.2, 0) is 9.53 Å². The van der Waals surface area contributed by atoms with Crippen molar-refractivity contribution in [3.8, 4) is 23.8 Å². The quantitative estimate of drug-likeness (QED) is 0.573. The lowest BCUT2D eigenvalue weighted by Crippen LogP contribution is -2.29. The van der Waals surface area contributed by atoms with Crippen LogP contribution in [0.15, 0.2) is 12.1 Å². The van der Waals surface area contributed by atoms with Crippen molar-refractivity contribution < 1.29 is 23.8 Å². The Labute approximate surface area is 146 Å². The highest BCUT2D eigenvalue weighted by atomic mass is 35.5. The average molecular weight is 354 g/mol. The lowest BCUT2D eigenvalue weighted by atomic mass is 10.2. The highest BCUT2D eigenvalue weighted by Gasteiger charge is 2.18. The molecule has 1 rings (SSSR count). The molecular formula is C17H20ClNO5. The number of esters is 1. The summed E-state index contributed by atoms with van der Waals surface area (Å²) in [5, 5.41) is 2.61. The van der Waals surface area contributed by atoms with Crippen molar-refractivity contribution in [1.29, 1.82) is 0 Å². The zero-order valence-electron chi connectivity index (χ0n) is 13.8. The van der Waals surface area contributed by atoms with Crippen molar-refractivity contribution >= 4 is 23.5 Å². The minimum atomic E-state index is -0.707. The average Bonchev–Trinajstić information content (AvgIpc) is 2.55. The summed E-state index contributed by atoms with van der Waals surface area (Å²) in [5.41, 5.74) is 0.151. The predicted molar refractivity (Wildman–Crippen MR) is 90.5 cm³/mol. The number of terminal acetylenes is 1. The Bertz CT molecular complexity index is 637. The molecule has 7 heteroatoms. The SMILES string of the molecule is C#CCNC(=O)COC(=O)c1cc(Cl)c(OCC(C)C)c(OC)c1.